The topological polar surface area (TPSA) is 77.8 Å². The maximum Gasteiger partial charge on any atom is 0.147 e. The fraction of sp³-hybridized carbons (Fsp3) is 0.462. The van der Waals surface area contributed by atoms with Crippen molar-refractivity contribution in [1.82, 2.24) is 0 Å². The predicted molar refractivity (Wildman–Crippen MR) is 123 cm³/mol. The standard InChI is InChI=1S/C15H19NO2.C11H14O2/c1-15(2)11-9-12(16-5-3-4-6-16)13(17)7-10(11)8-14(15)18;1-8(12)11(2,3)9-4-6-10(13)7-5-9/h7,9,17H,3-6,8H2,1-2H3;4-7,13H,1-3H3. The first kappa shape index (κ1) is 22.9. The largest absolute Gasteiger partial charge is 0.508 e. The van der Waals surface area contributed by atoms with Crippen LogP contribution in [0.25, 0.3) is 0 Å². The molecule has 0 amide bonds. The number of anilines is 1. The van der Waals surface area contributed by atoms with Crippen LogP contribution in [-0.2, 0) is 26.8 Å². The molecule has 0 radical (unpaired) electrons. The Balaban J connectivity index is 0.000000187. The number of hydrogen-bond acceptors (Lipinski definition) is 5. The number of benzene rings is 2. The van der Waals surface area contributed by atoms with Crippen molar-refractivity contribution in [3.8, 4) is 11.5 Å². The highest BCUT2D eigenvalue weighted by atomic mass is 16.3. The molecule has 2 aliphatic rings. The molecule has 1 saturated heterocycles. The van der Waals surface area contributed by atoms with Gasteiger partial charge in [-0.1, -0.05) is 12.1 Å². The van der Waals surface area contributed by atoms with Gasteiger partial charge in [0.2, 0.25) is 0 Å². The van der Waals surface area contributed by atoms with E-state index in [1.165, 1.54) is 12.8 Å². The van der Waals surface area contributed by atoms with Crippen LogP contribution < -0.4 is 4.90 Å². The van der Waals surface area contributed by atoms with Crippen molar-refractivity contribution in [2.75, 3.05) is 18.0 Å². The number of nitrogens with zero attached hydrogens (tertiary/aromatic N) is 1. The van der Waals surface area contributed by atoms with Crippen LogP contribution in [0.1, 0.15) is 64.2 Å². The molecule has 2 aromatic rings. The number of phenolic OH excluding ortho intramolecular Hbond substituents is 2. The van der Waals surface area contributed by atoms with Gasteiger partial charge in [-0.25, -0.2) is 0 Å². The van der Waals surface area contributed by atoms with Gasteiger partial charge in [-0.3, -0.25) is 9.59 Å². The van der Waals surface area contributed by atoms with E-state index in [-0.39, 0.29) is 17.3 Å². The normalized spacial score (nSPS) is 17.2. The first-order chi connectivity index (χ1) is 14.4. The average Bonchev–Trinajstić information content (AvgIpc) is 3.29. The van der Waals surface area contributed by atoms with E-state index in [1.54, 1.807) is 37.3 Å². The second-order valence-corrected chi connectivity index (χ2v) is 9.65. The Morgan fingerprint density at radius 3 is 2.16 bits per heavy atom. The van der Waals surface area contributed by atoms with Gasteiger partial charge in [0.15, 0.2) is 0 Å². The van der Waals surface area contributed by atoms with Gasteiger partial charge >= 0.3 is 0 Å². The SMILES string of the molecule is CC(=O)C(C)(C)c1ccc(O)cc1.CC1(C)C(=O)Cc2cc(O)c(N3CCCC3)cc21. The summed E-state index contributed by atoms with van der Waals surface area (Å²) >= 11 is 0. The van der Waals surface area contributed by atoms with Crippen LogP contribution in [0.5, 0.6) is 11.5 Å². The van der Waals surface area contributed by atoms with E-state index >= 15 is 0 Å². The zero-order valence-corrected chi connectivity index (χ0v) is 19.2. The number of carbonyl (C=O) groups excluding carboxylic acids is 2. The van der Waals surface area contributed by atoms with E-state index in [4.69, 9.17) is 5.11 Å². The molecule has 0 aromatic heterocycles. The molecule has 0 unspecified atom stereocenters. The second kappa shape index (κ2) is 8.37. The molecule has 166 valence electrons. The minimum atomic E-state index is -0.465. The molecule has 31 heavy (non-hydrogen) atoms. The van der Waals surface area contributed by atoms with Crippen LogP contribution in [0, 0.1) is 0 Å². The van der Waals surface area contributed by atoms with E-state index in [0.717, 1.165) is 35.5 Å². The highest BCUT2D eigenvalue weighted by molar-refractivity contribution is 5.96. The summed E-state index contributed by atoms with van der Waals surface area (Å²) in [6.45, 7) is 11.3. The van der Waals surface area contributed by atoms with Crippen molar-refractivity contribution >= 4 is 17.3 Å². The minimum absolute atomic E-state index is 0.123. The summed E-state index contributed by atoms with van der Waals surface area (Å²) in [6, 6.07) is 10.6. The third-order valence-electron chi connectivity index (χ3n) is 6.84. The van der Waals surface area contributed by atoms with Crippen molar-refractivity contribution in [3.05, 3.63) is 53.1 Å². The first-order valence-corrected chi connectivity index (χ1v) is 10.9. The maximum atomic E-state index is 12.0. The summed E-state index contributed by atoms with van der Waals surface area (Å²) < 4.78 is 0. The number of aromatic hydroxyl groups is 2. The number of ketones is 2. The zero-order valence-electron chi connectivity index (χ0n) is 19.2. The van der Waals surface area contributed by atoms with Crippen molar-refractivity contribution in [3.63, 3.8) is 0 Å². The Hall–Kier alpha value is -2.82. The molecular formula is C26H33NO4. The molecule has 0 spiro atoms. The van der Waals surface area contributed by atoms with Crippen LogP contribution in [0.15, 0.2) is 36.4 Å². The summed E-state index contributed by atoms with van der Waals surface area (Å²) in [5.74, 6) is 0.915. The summed E-state index contributed by atoms with van der Waals surface area (Å²) in [4.78, 5) is 25.5. The smallest absolute Gasteiger partial charge is 0.147 e. The molecule has 0 saturated carbocycles. The van der Waals surface area contributed by atoms with Crippen molar-refractivity contribution < 1.29 is 19.8 Å². The van der Waals surface area contributed by atoms with Crippen molar-refractivity contribution in [2.45, 2.75) is 64.7 Å². The Bertz CT molecular complexity index is 983. The van der Waals surface area contributed by atoms with Crippen LogP contribution in [0.4, 0.5) is 5.69 Å². The molecule has 1 heterocycles. The van der Waals surface area contributed by atoms with E-state index in [1.807, 2.05) is 33.8 Å². The molecule has 1 fully saturated rings. The zero-order chi connectivity index (χ0) is 23.0. The minimum Gasteiger partial charge on any atom is -0.508 e. The van der Waals surface area contributed by atoms with Gasteiger partial charge in [-0.15, -0.1) is 0 Å². The molecule has 5 heteroatoms. The van der Waals surface area contributed by atoms with E-state index in [2.05, 4.69) is 4.90 Å². The molecular weight excluding hydrogens is 390 g/mol. The van der Waals surface area contributed by atoms with Gasteiger partial charge in [0.05, 0.1) is 5.69 Å². The van der Waals surface area contributed by atoms with Gasteiger partial charge in [-0.05, 0) is 88.4 Å². The molecule has 5 nitrogen and oxygen atoms in total. The van der Waals surface area contributed by atoms with Crippen LogP contribution in [0.2, 0.25) is 0 Å². The van der Waals surface area contributed by atoms with Gasteiger partial charge in [0.25, 0.3) is 0 Å². The summed E-state index contributed by atoms with van der Waals surface area (Å²) in [7, 11) is 0. The van der Waals surface area contributed by atoms with Crippen molar-refractivity contribution in [2.24, 2.45) is 0 Å². The van der Waals surface area contributed by atoms with E-state index in [0.29, 0.717) is 12.2 Å². The Labute approximate surface area is 184 Å². The number of carbonyl (C=O) groups is 2. The van der Waals surface area contributed by atoms with E-state index in [9.17, 15) is 14.7 Å². The molecule has 0 atom stereocenters. The highest BCUT2D eigenvalue weighted by Crippen LogP contribution is 2.42. The molecule has 0 bridgehead atoms. The number of hydrogen-bond donors (Lipinski definition) is 2. The monoisotopic (exact) mass is 423 g/mol. The summed E-state index contributed by atoms with van der Waals surface area (Å²) in [6.07, 6.45) is 2.81. The Kier molecular flexibility index (Phi) is 6.17. The fourth-order valence-corrected chi connectivity index (χ4v) is 4.18. The summed E-state index contributed by atoms with van der Waals surface area (Å²) in [5.41, 5.74) is 3.04. The molecule has 1 aliphatic carbocycles. The Morgan fingerprint density at radius 2 is 1.61 bits per heavy atom. The van der Waals surface area contributed by atoms with Crippen molar-refractivity contribution in [1.29, 1.82) is 0 Å². The highest BCUT2D eigenvalue weighted by Gasteiger charge is 2.39. The van der Waals surface area contributed by atoms with E-state index < -0.39 is 10.8 Å². The number of fused-ring (bicyclic) bond motifs is 1. The lowest BCUT2D eigenvalue weighted by molar-refractivity contribution is -0.122. The van der Waals surface area contributed by atoms with Crippen LogP contribution in [-0.4, -0.2) is 34.9 Å². The number of Topliss-reactive ketones (excluding diaryl/α,β-unsaturated/α-hetero) is 2. The lowest BCUT2D eigenvalue weighted by Crippen LogP contribution is -2.26. The Morgan fingerprint density at radius 1 is 1.03 bits per heavy atom. The third-order valence-corrected chi connectivity index (χ3v) is 6.84. The maximum absolute atomic E-state index is 12.0. The molecule has 2 N–H and O–H groups in total. The summed E-state index contributed by atoms with van der Waals surface area (Å²) in [5, 5.41) is 19.2. The molecule has 2 aromatic carbocycles. The molecule has 4 rings (SSSR count). The lowest BCUT2D eigenvalue weighted by Gasteiger charge is -2.23. The quantitative estimate of drug-likeness (QED) is 0.751. The third kappa shape index (κ3) is 4.46. The number of phenols is 2. The number of rotatable bonds is 3. The average molecular weight is 424 g/mol. The van der Waals surface area contributed by atoms with Crippen LogP contribution in [0.3, 0.4) is 0 Å². The van der Waals surface area contributed by atoms with Gasteiger partial charge < -0.3 is 15.1 Å². The predicted octanol–water partition coefficient (Wildman–Crippen LogP) is 4.65. The first-order valence-electron chi connectivity index (χ1n) is 10.9. The fourth-order valence-electron chi connectivity index (χ4n) is 4.18. The van der Waals surface area contributed by atoms with Gasteiger partial charge in [0, 0.05) is 30.3 Å². The second-order valence-electron chi connectivity index (χ2n) is 9.65. The van der Waals surface area contributed by atoms with Gasteiger partial charge in [0.1, 0.15) is 23.1 Å². The van der Waals surface area contributed by atoms with Gasteiger partial charge in [-0.2, -0.15) is 0 Å². The van der Waals surface area contributed by atoms with Crippen LogP contribution >= 0.6 is 0 Å². The lowest BCUT2D eigenvalue weighted by atomic mass is 9.81. The molecule has 1 aliphatic heterocycles.